The molecule has 4 aromatic rings. The molecule has 1 atom stereocenters. The highest BCUT2D eigenvalue weighted by Gasteiger charge is 2.48. The summed E-state index contributed by atoms with van der Waals surface area (Å²) in [7, 11) is 0. The molecule has 5 rings (SSSR count). The van der Waals surface area contributed by atoms with Crippen LogP contribution in [0.1, 0.15) is 42.5 Å². The highest BCUT2D eigenvalue weighted by molar-refractivity contribution is 8.00. The van der Waals surface area contributed by atoms with Gasteiger partial charge in [-0.15, -0.1) is 10.2 Å². The Morgan fingerprint density at radius 1 is 0.976 bits per heavy atom. The fraction of sp³-hybridized carbons (Fsp3) is 0.200. The number of hydrogen-bond donors (Lipinski definition) is 1. The van der Waals surface area contributed by atoms with Crippen molar-refractivity contribution in [2.45, 2.75) is 35.9 Å². The molecular formula is C30H25F2N3O4S2. The minimum atomic E-state index is -1.06. The summed E-state index contributed by atoms with van der Waals surface area (Å²) in [6, 6.07) is 17.0. The third-order valence-corrected chi connectivity index (χ3v) is 8.53. The number of hydrogen-bond acceptors (Lipinski definition) is 8. The number of aliphatic hydroxyl groups excluding tert-OH is 1. The van der Waals surface area contributed by atoms with E-state index >= 15 is 0 Å². The Morgan fingerprint density at radius 2 is 1.63 bits per heavy atom. The van der Waals surface area contributed by atoms with E-state index in [9.17, 15) is 23.5 Å². The molecule has 3 aromatic carbocycles. The summed E-state index contributed by atoms with van der Waals surface area (Å²) in [6.07, 6.45) is 1.90. The number of halogens is 2. The first-order chi connectivity index (χ1) is 19.9. The Balaban J connectivity index is 1.47. The zero-order valence-electron chi connectivity index (χ0n) is 21.9. The lowest BCUT2D eigenvalue weighted by Crippen LogP contribution is -2.29. The molecule has 1 aromatic heterocycles. The number of aromatic nitrogens is 2. The number of carbonyl (C=O) groups excluding carboxylic acids is 2. The zero-order valence-corrected chi connectivity index (χ0v) is 23.6. The first-order valence-corrected chi connectivity index (χ1v) is 14.7. The predicted molar refractivity (Wildman–Crippen MR) is 154 cm³/mol. The molecule has 1 fully saturated rings. The molecule has 0 aliphatic carbocycles. The molecule has 7 nitrogen and oxygen atoms in total. The van der Waals surface area contributed by atoms with E-state index in [1.54, 1.807) is 36.4 Å². The van der Waals surface area contributed by atoms with Gasteiger partial charge >= 0.3 is 5.91 Å². The van der Waals surface area contributed by atoms with Crippen LogP contribution in [0.2, 0.25) is 0 Å². The molecule has 1 saturated heterocycles. The van der Waals surface area contributed by atoms with Gasteiger partial charge in [0.15, 0.2) is 4.34 Å². The Hall–Kier alpha value is -4.09. The molecule has 1 aliphatic heterocycles. The summed E-state index contributed by atoms with van der Waals surface area (Å²) in [5, 5.41) is 19.8. The second-order valence-corrected chi connectivity index (χ2v) is 11.4. The molecule has 0 radical (unpaired) electrons. The van der Waals surface area contributed by atoms with E-state index in [-0.39, 0.29) is 22.3 Å². The SMILES string of the molecule is CCCCOc1ccc(C(O)=C2C(=O)C(=O)N(c3nnc(SCc4ccc(F)cc4)s3)C2c2ccc(F)cc2)cc1. The molecule has 41 heavy (non-hydrogen) atoms. The Kier molecular flexibility index (Phi) is 8.75. The van der Waals surface area contributed by atoms with Crippen molar-refractivity contribution in [1.82, 2.24) is 10.2 Å². The molecule has 0 saturated carbocycles. The third-order valence-electron chi connectivity index (χ3n) is 6.40. The van der Waals surface area contributed by atoms with Crippen LogP contribution in [0.25, 0.3) is 5.76 Å². The Morgan fingerprint density at radius 3 is 2.29 bits per heavy atom. The molecule has 1 amide bonds. The third kappa shape index (κ3) is 6.31. The van der Waals surface area contributed by atoms with Crippen LogP contribution in [0.15, 0.2) is 82.7 Å². The van der Waals surface area contributed by atoms with E-state index in [0.717, 1.165) is 29.7 Å². The van der Waals surface area contributed by atoms with E-state index in [1.807, 2.05) is 0 Å². The number of thioether (sulfide) groups is 1. The molecule has 1 N–H and O–H groups in total. The van der Waals surface area contributed by atoms with E-state index in [4.69, 9.17) is 4.74 Å². The molecule has 2 heterocycles. The van der Waals surface area contributed by atoms with Crippen molar-refractivity contribution in [3.63, 3.8) is 0 Å². The van der Waals surface area contributed by atoms with Crippen LogP contribution in [0.4, 0.5) is 13.9 Å². The van der Waals surface area contributed by atoms with Gasteiger partial charge < -0.3 is 9.84 Å². The number of ketones is 1. The number of rotatable bonds is 10. The number of anilines is 1. The van der Waals surface area contributed by atoms with Gasteiger partial charge in [-0.3, -0.25) is 14.5 Å². The van der Waals surface area contributed by atoms with Gasteiger partial charge in [0.05, 0.1) is 18.2 Å². The summed E-state index contributed by atoms with van der Waals surface area (Å²) in [5.41, 5.74) is 1.48. The number of Topliss-reactive ketones (excluding diaryl/α,β-unsaturated/α-hetero) is 1. The van der Waals surface area contributed by atoms with Crippen LogP contribution >= 0.6 is 23.1 Å². The first-order valence-electron chi connectivity index (χ1n) is 12.9. The Bertz CT molecular complexity index is 1570. The highest BCUT2D eigenvalue weighted by Crippen LogP contribution is 2.44. The number of ether oxygens (including phenoxy) is 1. The van der Waals surface area contributed by atoms with Crippen molar-refractivity contribution in [2.75, 3.05) is 11.5 Å². The number of aliphatic hydroxyl groups is 1. The molecule has 0 bridgehead atoms. The Labute approximate surface area is 243 Å². The maximum absolute atomic E-state index is 13.8. The fourth-order valence-corrected chi connectivity index (χ4v) is 6.10. The van der Waals surface area contributed by atoms with E-state index in [0.29, 0.717) is 33.6 Å². The van der Waals surface area contributed by atoms with Crippen molar-refractivity contribution in [1.29, 1.82) is 0 Å². The lowest BCUT2D eigenvalue weighted by atomic mass is 9.95. The largest absolute Gasteiger partial charge is 0.507 e. The topological polar surface area (TPSA) is 92.6 Å². The van der Waals surface area contributed by atoms with Crippen molar-refractivity contribution >= 4 is 45.7 Å². The van der Waals surface area contributed by atoms with Gasteiger partial charge in [0, 0.05) is 11.3 Å². The van der Waals surface area contributed by atoms with Crippen LogP contribution in [0.5, 0.6) is 5.75 Å². The van der Waals surface area contributed by atoms with Gasteiger partial charge in [-0.05, 0) is 66.1 Å². The summed E-state index contributed by atoms with van der Waals surface area (Å²) < 4.78 is 33.2. The second-order valence-electron chi connectivity index (χ2n) is 9.21. The monoisotopic (exact) mass is 593 g/mol. The minimum absolute atomic E-state index is 0.142. The average Bonchev–Trinajstić information content (AvgIpc) is 3.55. The van der Waals surface area contributed by atoms with Crippen LogP contribution in [-0.4, -0.2) is 33.6 Å². The minimum Gasteiger partial charge on any atom is -0.507 e. The highest BCUT2D eigenvalue weighted by atomic mass is 32.2. The van der Waals surface area contributed by atoms with Crippen LogP contribution in [0.3, 0.4) is 0 Å². The number of benzene rings is 3. The lowest BCUT2D eigenvalue weighted by Gasteiger charge is -2.22. The first kappa shape index (κ1) is 28.4. The van der Waals surface area contributed by atoms with Gasteiger partial charge in [0.25, 0.3) is 5.78 Å². The van der Waals surface area contributed by atoms with E-state index in [2.05, 4.69) is 17.1 Å². The lowest BCUT2D eigenvalue weighted by molar-refractivity contribution is -0.132. The van der Waals surface area contributed by atoms with Crippen LogP contribution < -0.4 is 9.64 Å². The predicted octanol–water partition coefficient (Wildman–Crippen LogP) is 6.91. The van der Waals surface area contributed by atoms with Crippen LogP contribution in [-0.2, 0) is 15.3 Å². The molecule has 210 valence electrons. The van der Waals surface area contributed by atoms with Crippen molar-refractivity contribution in [3.8, 4) is 5.75 Å². The van der Waals surface area contributed by atoms with E-state index < -0.39 is 23.5 Å². The molecule has 1 unspecified atom stereocenters. The molecule has 1 aliphatic rings. The van der Waals surface area contributed by atoms with Gasteiger partial charge in [-0.25, -0.2) is 8.78 Å². The fourth-order valence-electron chi connectivity index (χ4n) is 4.27. The summed E-state index contributed by atoms with van der Waals surface area (Å²) in [6.45, 7) is 2.62. The summed E-state index contributed by atoms with van der Waals surface area (Å²) in [5.74, 6) is -1.85. The maximum Gasteiger partial charge on any atom is 0.301 e. The van der Waals surface area contributed by atoms with Gasteiger partial charge in [-0.1, -0.05) is 60.7 Å². The van der Waals surface area contributed by atoms with Gasteiger partial charge in [0.1, 0.15) is 23.1 Å². The number of amides is 1. The smallest absolute Gasteiger partial charge is 0.301 e. The molecular weight excluding hydrogens is 568 g/mol. The maximum atomic E-state index is 13.8. The zero-order chi connectivity index (χ0) is 28.9. The normalized spacial score (nSPS) is 16.4. The van der Waals surface area contributed by atoms with Crippen molar-refractivity contribution in [2.24, 2.45) is 0 Å². The summed E-state index contributed by atoms with van der Waals surface area (Å²) in [4.78, 5) is 27.9. The number of nitrogens with zero attached hydrogens (tertiary/aromatic N) is 3. The van der Waals surface area contributed by atoms with Crippen LogP contribution in [0, 0.1) is 11.6 Å². The molecule has 0 spiro atoms. The van der Waals surface area contributed by atoms with Crippen molar-refractivity contribution in [3.05, 3.63) is 107 Å². The van der Waals surface area contributed by atoms with E-state index in [1.165, 1.54) is 53.1 Å². The van der Waals surface area contributed by atoms with Crippen molar-refractivity contribution < 1.29 is 28.2 Å². The summed E-state index contributed by atoms with van der Waals surface area (Å²) >= 11 is 2.45. The van der Waals surface area contributed by atoms with Gasteiger partial charge in [-0.2, -0.15) is 0 Å². The van der Waals surface area contributed by atoms with Gasteiger partial charge in [0.2, 0.25) is 5.13 Å². The number of carbonyl (C=O) groups is 2. The standard InChI is InChI=1S/C30H25F2N3O4S2/c1-2-3-16-39-23-14-8-20(9-15-23)26(36)24-25(19-6-12-22(32)13-7-19)35(28(38)27(24)37)29-33-34-30(41-29)40-17-18-4-10-21(31)11-5-18/h4-15,25,36H,2-3,16-17H2,1H3. The second kappa shape index (κ2) is 12.6. The quantitative estimate of drug-likeness (QED) is 0.0533. The molecule has 11 heteroatoms. The average molecular weight is 594 g/mol. The number of unbranched alkanes of at least 4 members (excludes halogenated alkanes) is 1.